The van der Waals surface area contributed by atoms with Crippen LogP contribution in [0.3, 0.4) is 0 Å². The fourth-order valence-electron chi connectivity index (χ4n) is 3.85. The summed E-state index contributed by atoms with van der Waals surface area (Å²) in [5.41, 5.74) is 4.71. The topological polar surface area (TPSA) is 87.7 Å². The molecule has 33 heavy (non-hydrogen) atoms. The summed E-state index contributed by atoms with van der Waals surface area (Å²) < 4.78 is 5.35. The molecule has 0 bridgehead atoms. The third kappa shape index (κ3) is 5.35. The molecule has 7 nitrogen and oxygen atoms in total. The number of nitrogens with zero attached hydrogens (tertiary/aromatic N) is 1. The van der Waals surface area contributed by atoms with Crippen molar-refractivity contribution < 1.29 is 19.1 Å². The average Bonchev–Trinajstić information content (AvgIpc) is 2.80. The summed E-state index contributed by atoms with van der Waals surface area (Å²) in [6.45, 7) is 12.6. The number of amides is 3. The smallest absolute Gasteiger partial charge is 0.408 e. The van der Waals surface area contributed by atoms with Crippen molar-refractivity contribution in [3.8, 4) is 11.1 Å². The van der Waals surface area contributed by atoms with Crippen LogP contribution in [-0.2, 0) is 14.3 Å². The van der Waals surface area contributed by atoms with Crippen molar-refractivity contribution in [2.45, 2.75) is 66.0 Å². The van der Waals surface area contributed by atoms with Crippen LogP contribution in [0.25, 0.3) is 11.1 Å². The summed E-state index contributed by atoms with van der Waals surface area (Å²) in [4.78, 5) is 39.4. The Bertz CT molecular complexity index is 1070. The van der Waals surface area contributed by atoms with Crippen LogP contribution in [0, 0.1) is 5.41 Å². The number of rotatable bonds is 3. The number of benzene rings is 2. The number of fused-ring (bicyclic) bond motifs is 3. The van der Waals surface area contributed by atoms with Crippen LogP contribution in [0.15, 0.2) is 48.5 Å². The molecule has 2 atom stereocenters. The van der Waals surface area contributed by atoms with Gasteiger partial charge in [0.15, 0.2) is 0 Å². The van der Waals surface area contributed by atoms with Crippen molar-refractivity contribution in [1.82, 2.24) is 10.7 Å². The number of alkyl carbamates (subject to hydrolysis) is 1. The highest BCUT2D eigenvalue weighted by atomic mass is 16.6. The predicted octanol–water partition coefficient (Wildman–Crippen LogP) is 4.77. The third-order valence-electron chi connectivity index (χ3n) is 5.46. The highest BCUT2D eigenvalue weighted by molar-refractivity contribution is 6.06. The van der Waals surface area contributed by atoms with E-state index in [9.17, 15) is 14.4 Å². The Labute approximate surface area is 195 Å². The first-order valence-corrected chi connectivity index (χ1v) is 11.1. The lowest BCUT2D eigenvalue weighted by Crippen LogP contribution is -2.59. The largest absolute Gasteiger partial charge is 0.444 e. The van der Waals surface area contributed by atoms with E-state index in [1.54, 1.807) is 26.8 Å². The quantitative estimate of drug-likeness (QED) is 0.703. The summed E-state index contributed by atoms with van der Waals surface area (Å²) in [5, 5.41) is 3.98. The van der Waals surface area contributed by atoms with Gasteiger partial charge in [-0.15, -0.1) is 0 Å². The van der Waals surface area contributed by atoms with Gasteiger partial charge in [-0.05, 0) is 50.3 Å². The number of nitrogens with one attached hydrogen (secondary N) is 2. The standard InChI is InChI=1S/C26H33N3O4/c1-16-17-12-8-9-13-18(17)19-14-10-11-15-20(19)29(23(16)31)28-22(30)21(25(2,3)4)27-24(32)33-26(5,6)7/h8-16,21H,1-7H3,(H,27,32)(H,28,30)/t16-,21-/m1/s1. The maximum Gasteiger partial charge on any atom is 0.408 e. The molecule has 0 radical (unpaired) electrons. The summed E-state index contributed by atoms with van der Waals surface area (Å²) in [7, 11) is 0. The van der Waals surface area contributed by atoms with Gasteiger partial charge in [0.1, 0.15) is 11.6 Å². The van der Waals surface area contributed by atoms with Gasteiger partial charge in [-0.3, -0.25) is 15.0 Å². The van der Waals surface area contributed by atoms with E-state index in [1.165, 1.54) is 5.01 Å². The lowest BCUT2D eigenvalue weighted by molar-refractivity contribution is -0.129. The maximum absolute atomic E-state index is 13.5. The van der Waals surface area contributed by atoms with E-state index in [0.717, 1.165) is 16.7 Å². The van der Waals surface area contributed by atoms with Crippen LogP contribution in [0.2, 0.25) is 0 Å². The first kappa shape index (κ1) is 24.3. The Morgan fingerprint density at radius 1 is 0.939 bits per heavy atom. The summed E-state index contributed by atoms with van der Waals surface area (Å²) >= 11 is 0. The van der Waals surface area contributed by atoms with Crippen LogP contribution in [0.4, 0.5) is 10.5 Å². The Hall–Kier alpha value is -3.35. The molecule has 1 heterocycles. The van der Waals surface area contributed by atoms with Crippen molar-refractivity contribution in [1.29, 1.82) is 0 Å². The minimum absolute atomic E-state index is 0.259. The molecular formula is C26H33N3O4. The molecule has 0 spiro atoms. The minimum atomic E-state index is -0.937. The molecule has 0 saturated carbocycles. The minimum Gasteiger partial charge on any atom is -0.444 e. The van der Waals surface area contributed by atoms with Crippen molar-refractivity contribution in [3.05, 3.63) is 54.1 Å². The van der Waals surface area contributed by atoms with E-state index < -0.39 is 35.0 Å². The van der Waals surface area contributed by atoms with Gasteiger partial charge in [0.05, 0.1) is 11.6 Å². The summed E-state index contributed by atoms with van der Waals surface area (Å²) in [5.74, 6) is -1.24. The van der Waals surface area contributed by atoms with Crippen LogP contribution >= 0.6 is 0 Å². The average molecular weight is 452 g/mol. The van der Waals surface area contributed by atoms with Crippen LogP contribution in [0.1, 0.15) is 59.9 Å². The highest BCUT2D eigenvalue weighted by Gasteiger charge is 2.38. The normalized spacial score (nSPS) is 16.8. The lowest BCUT2D eigenvalue weighted by atomic mass is 9.86. The van der Waals surface area contributed by atoms with E-state index in [-0.39, 0.29) is 5.91 Å². The van der Waals surface area contributed by atoms with Gasteiger partial charge >= 0.3 is 6.09 Å². The summed E-state index contributed by atoms with van der Waals surface area (Å²) in [6.07, 6.45) is -0.694. The molecule has 1 aliphatic rings. The SMILES string of the molecule is C[C@H]1C(=O)N(NC(=O)[C@@H](NC(=O)OC(C)(C)C)C(C)(C)C)c2ccccc2-c2ccccc21. The van der Waals surface area contributed by atoms with E-state index in [0.29, 0.717) is 5.69 Å². The Morgan fingerprint density at radius 3 is 2.12 bits per heavy atom. The number of ether oxygens (including phenoxy) is 1. The van der Waals surface area contributed by atoms with Gasteiger partial charge in [-0.2, -0.15) is 0 Å². The molecule has 0 saturated heterocycles. The molecule has 176 valence electrons. The van der Waals surface area contributed by atoms with Crippen molar-refractivity contribution in [2.24, 2.45) is 5.41 Å². The highest BCUT2D eigenvalue weighted by Crippen LogP contribution is 2.40. The van der Waals surface area contributed by atoms with Gasteiger partial charge in [0.25, 0.3) is 11.8 Å². The van der Waals surface area contributed by atoms with Gasteiger partial charge in [0.2, 0.25) is 0 Å². The number of hydrogen-bond donors (Lipinski definition) is 2. The van der Waals surface area contributed by atoms with Gasteiger partial charge < -0.3 is 10.1 Å². The van der Waals surface area contributed by atoms with Crippen LogP contribution in [0.5, 0.6) is 0 Å². The molecule has 0 fully saturated rings. The number of anilines is 1. The molecule has 2 aromatic rings. The zero-order valence-corrected chi connectivity index (χ0v) is 20.4. The Balaban J connectivity index is 1.96. The second kappa shape index (κ2) is 8.89. The van der Waals surface area contributed by atoms with Crippen LogP contribution < -0.4 is 15.8 Å². The molecule has 3 amide bonds. The Kier molecular flexibility index (Phi) is 6.54. The molecule has 0 aromatic heterocycles. The van der Waals surface area contributed by atoms with Crippen molar-refractivity contribution >= 4 is 23.6 Å². The van der Waals surface area contributed by atoms with Crippen molar-refractivity contribution in [2.75, 3.05) is 5.01 Å². The number of carbonyl (C=O) groups excluding carboxylic acids is 3. The fourth-order valence-corrected chi connectivity index (χ4v) is 3.85. The summed E-state index contributed by atoms with van der Waals surface area (Å²) in [6, 6.07) is 14.3. The molecular weight excluding hydrogens is 418 g/mol. The van der Waals surface area contributed by atoms with E-state index >= 15 is 0 Å². The second-order valence-electron chi connectivity index (χ2n) is 10.4. The monoisotopic (exact) mass is 451 g/mol. The fraction of sp³-hybridized carbons (Fsp3) is 0.423. The number of para-hydroxylation sites is 1. The van der Waals surface area contributed by atoms with Crippen molar-refractivity contribution in [3.63, 3.8) is 0 Å². The van der Waals surface area contributed by atoms with Gasteiger partial charge in [-0.25, -0.2) is 9.80 Å². The molecule has 3 rings (SSSR count). The van der Waals surface area contributed by atoms with E-state index in [1.807, 2.05) is 70.2 Å². The zero-order chi connectivity index (χ0) is 24.6. The molecule has 2 aromatic carbocycles. The van der Waals surface area contributed by atoms with Gasteiger partial charge in [-0.1, -0.05) is 63.2 Å². The second-order valence-corrected chi connectivity index (χ2v) is 10.4. The van der Waals surface area contributed by atoms with Gasteiger partial charge in [0, 0.05) is 5.56 Å². The predicted molar refractivity (Wildman–Crippen MR) is 129 cm³/mol. The first-order chi connectivity index (χ1) is 15.3. The number of carbonyl (C=O) groups is 3. The number of hydrazine groups is 1. The molecule has 0 unspecified atom stereocenters. The molecule has 7 heteroatoms. The number of hydrogen-bond acceptors (Lipinski definition) is 4. The van der Waals surface area contributed by atoms with E-state index in [4.69, 9.17) is 4.74 Å². The Morgan fingerprint density at radius 2 is 1.52 bits per heavy atom. The molecule has 0 aliphatic carbocycles. The maximum atomic E-state index is 13.5. The van der Waals surface area contributed by atoms with Crippen LogP contribution in [-0.4, -0.2) is 29.6 Å². The van der Waals surface area contributed by atoms with E-state index in [2.05, 4.69) is 10.7 Å². The first-order valence-electron chi connectivity index (χ1n) is 11.1. The molecule has 1 aliphatic heterocycles. The zero-order valence-electron chi connectivity index (χ0n) is 20.4. The molecule has 2 N–H and O–H groups in total. The third-order valence-corrected chi connectivity index (χ3v) is 5.46. The lowest BCUT2D eigenvalue weighted by Gasteiger charge is -2.34.